The number of carbonyl (C=O) groups excluding carboxylic acids is 1. The zero-order chi connectivity index (χ0) is 14.0. The average molecular weight is 281 g/mol. The van der Waals surface area contributed by atoms with Crippen molar-refractivity contribution in [2.45, 2.75) is 13.3 Å². The Balaban J connectivity index is 2.30. The van der Waals surface area contributed by atoms with Gasteiger partial charge in [-0.15, -0.1) is 0 Å². The number of halogens is 3. The van der Waals surface area contributed by atoms with Gasteiger partial charge in [-0.1, -0.05) is 29.8 Å². The summed E-state index contributed by atoms with van der Waals surface area (Å²) in [7, 11) is 0. The second-order valence-electron chi connectivity index (χ2n) is 4.28. The quantitative estimate of drug-likeness (QED) is 0.764. The van der Waals surface area contributed by atoms with E-state index in [1.807, 2.05) is 0 Å². The standard InChI is InChI=1S/C15H11ClF2O/c1-9-2-7-12(17)14(15(9)18)13(19)8-10-3-5-11(16)6-4-10/h2-7H,8H2,1H3. The molecule has 0 bridgehead atoms. The van der Waals surface area contributed by atoms with Crippen molar-refractivity contribution < 1.29 is 13.6 Å². The van der Waals surface area contributed by atoms with Crippen molar-refractivity contribution in [1.82, 2.24) is 0 Å². The van der Waals surface area contributed by atoms with Crippen LogP contribution in [0.4, 0.5) is 8.78 Å². The van der Waals surface area contributed by atoms with Crippen LogP contribution in [0, 0.1) is 18.6 Å². The van der Waals surface area contributed by atoms with E-state index in [0.717, 1.165) is 6.07 Å². The van der Waals surface area contributed by atoms with Gasteiger partial charge >= 0.3 is 0 Å². The van der Waals surface area contributed by atoms with E-state index in [1.54, 1.807) is 24.3 Å². The van der Waals surface area contributed by atoms with Gasteiger partial charge in [0.25, 0.3) is 0 Å². The van der Waals surface area contributed by atoms with Crippen LogP contribution in [0.3, 0.4) is 0 Å². The minimum Gasteiger partial charge on any atom is -0.294 e. The summed E-state index contributed by atoms with van der Waals surface area (Å²) in [6.45, 7) is 1.49. The molecule has 2 aromatic carbocycles. The minimum absolute atomic E-state index is 0.0610. The van der Waals surface area contributed by atoms with Crippen molar-refractivity contribution in [3.8, 4) is 0 Å². The van der Waals surface area contributed by atoms with Gasteiger partial charge in [-0.2, -0.15) is 0 Å². The maximum Gasteiger partial charge on any atom is 0.173 e. The highest BCUT2D eigenvalue weighted by atomic mass is 35.5. The van der Waals surface area contributed by atoms with E-state index in [9.17, 15) is 13.6 Å². The van der Waals surface area contributed by atoms with Crippen LogP contribution in [-0.4, -0.2) is 5.78 Å². The maximum absolute atomic E-state index is 13.8. The molecule has 0 aliphatic rings. The first-order valence-corrected chi connectivity index (χ1v) is 6.09. The van der Waals surface area contributed by atoms with Crippen LogP contribution >= 0.6 is 11.6 Å². The fourth-order valence-electron chi connectivity index (χ4n) is 1.79. The predicted octanol–water partition coefficient (Wildman–Crippen LogP) is 4.35. The Kier molecular flexibility index (Phi) is 3.96. The molecule has 0 saturated heterocycles. The van der Waals surface area contributed by atoms with Crippen LogP contribution < -0.4 is 0 Å². The smallest absolute Gasteiger partial charge is 0.173 e. The predicted molar refractivity (Wildman–Crippen MR) is 70.6 cm³/mol. The minimum atomic E-state index is -0.831. The van der Waals surface area contributed by atoms with E-state index in [2.05, 4.69) is 0 Å². The van der Waals surface area contributed by atoms with Crippen molar-refractivity contribution in [2.24, 2.45) is 0 Å². The van der Waals surface area contributed by atoms with Gasteiger partial charge in [-0.05, 0) is 36.2 Å². The lowest BCUT2D eigenvalue weighted by molar-refractivity contribution is 0.0984. The number of hydrogen-bond acceptors (Lipinski definition) is 1. The van der Waals surface area contributed by atoms with Gasteiger partial charge in [0.2, 0.25) is 0 Å². The lowest BCUT2D eigenvalue weighted by Gasteiger charge is -2.06. The molecule has 0 spiro atoms. The molecule has 0 aliphatic heterocycles. The SMILES string of the molecule is Cc1ccc(F)c(C(=O)Cc2ccc(Cl)cc2)c1F. The monoisotopic (exact) mass is 280 g/mol. The fourth-order valence-corrected chi connectivity index (χ4v) is 1.91. The number of carbonyl (C=O) groups is 1. The van der Waals surface area contributed by atoms with Crippen LogP contribution in [0.15, 0.2) is 36.4 Å². The van der Waals surface area contributed by atoms with E-state index in [1.165, 1.54) is 13.0 Å². The zero-order valence-corrected chi connectivity index (χ0v) is 11.0. The molecule has 0 aromatic heterocycles. The number of ketones is 1. The second kappa shape index (κ2) is 5.49. The van der Waals surface area contributed by atoms with Gasteiger partial charge in [0.05, 0.1) is 5.56 Å². The highest BCUT2D eigenvalue weighted by Gasteiger charge is 2.19. The first-order valence-electron chi connectivity index (χ1n) is 5.71. The summed E-state index contributed by atoms with van der Waals surface area (Å²) >= 11 is 5.73. The van der Waals surface area contributed by atoms with Crippen molar-refractivity contribution in [1.29, 1.82) is 0 Å². The van der Waals surface area contributed by atoms with Gasteiger partial charge < -0.3 is 0 Å². The Bertz CT molecular complexity index is 621. The lowest BCUT2D eigenvalue weighted by atomic mass is 10.0. The molecule has 0 radical (unpaired) electrons. The summed E-state index contributed by atoms with van der Waals surface area (Å²) in [5.74, 6) is -2.21. The molecule has 0 unspecified atom stereocenters. The van der Waals surface area contributed by atoms with Gasteiger partial charge in [0, 0.05) is 11.4 Å². The molecule has 0 atom stereocenters. The van der Waals surface area contributed by atoms with E-state index in [-0.39, 0.29) is 12.0 Å². The molecule has 2 rings (SSSR count). The number of rotatable bonds is 3. The Morgan fingerprint density at radius 1 is 1.11 bits per heavy atom. The molecule has 0 N–H and O–H groups in total. The van der Waals surface area contributed by atoms with Crippen LogP contribution in [0.5, 0.6) is 0 Å². The topological polar surface area (TPSA) is 17.1 Å². The van der Waals surface area contributed by atoms with Gasteiger partial charge in [0.15, 0.2) is 5.78 Å². The molecule has 2 aromatic rings. The van der Waals surface area contributed by atoms with E-state index < -0.39 is 23.0 Å². The van der Waals surface area contributed by atoms with E-state index >= 15 is 0 Å². The highest BCUT2D eigenvalue weighted by Crippen LogP contribution is 2.19. The first-order chi connectivity index (χ1) is 8.99. The largest absolute Gasteiger partial charge is 0.294 e. The van der Waals surface area contributed by atoms with Gasteiger partial charge in [-0.3, -0.25) is 4.79 Å². The maximum atomic E-state index is 13.8. The first kappa shape index (κ1) is 13.7. The molecule has 0 amide bonds. The Hall–Kier alpha value is -1.74. The van der Waals surface area contributed by atoms with Crippen LogP contribution in [0.1, 0.15) is 21.5 Å². The normalized spacial score (nSPS) is 10.5. The van der Waals surface area contributed by atoms with E-state index in [4.69, 9.17) is 11.6 Å². The molecule has 0 fully saturated rings. The Morgan fingerprint density at radius 3 is 2.37 bits per heavy atom. The molecule has 98 valence electrons. The number of hydrogen-bond donors (Lipinski definition) is 0. The summed E-state index contributed by atoms with van der Waals surface area (Å²) in [6, 6.07) is 9.00. The van der Waals surface area contributed by atoms with Crippen LogP contribution in [0.25, 0.3) is 0 Å². The summed E-state index contributed by atoms with van der Waals surface area (Å²) in [4.78, 5) is 12.0. The summed E-state index contributed by atoms with van der Waals surface area (Å²) in [6.07, 6.45) is -0.0610. The second-order valence-corrected chi connectivity index (χ2v) is 4.72. The number of Topliss-reactive ketones (excluding diaryl/α,β-unsaturated/α-hetero) is 1. The summed E-state index contributed by atoms with van der Waals surface area (Å²) < 4.78 is 27.4. The summed E-state index contributed by atoms with van der Waals surface area (Å²) in [5.41, 5.74) is 0.436. The summed E-state index contributed by atoms with van der Waals surface area (Å²) in [5, 5.41) is 0.545. The highest BCUT2D eigenvalue weighted by molar-refractivity contribution is 6.30. The molecular formula is C15H11ClF2O. The van der Waals surface area contributed by atoms with Crippen molar-refractivity contribution in [2.75, 3.05) is 0 Å². The fraction of sp³-hybridized carbons (Fsp3) is 0.133. The molecule has 19 heavy (non-hydrogen) atoms. The van der Waals surface area contributed by atoms with Crippen molar-refractivity contribution >= 4 is 17.4 Å². The van der Waals surface area contributed by atoms with Crippen LogP contribution in [-0.2, 0) is 6.42 Å². The third-order valence-electron chi connectivity index (χ3n) is 2.84. The molecule has 1 nitrogen and oxygen atoms in total. The Labute approximate surface area is 114 Å². The van der Waals surface area contributed by atoms with Gasteiger partial charge in [0.1, 0.15) is 11.6 Å². The molecular weight excluding hydrogens is 270 g/mol. The number of benzene rings is 2. The molecule has 0 heterocycles. The third kappa shape index (κ3) is 2.99. The average Bonchev–Trinajstić information content (AvgIpc) is 2.37. The lowest BCUT2D eigenvalue weighted by Crippen LogP contribution is -2.10. The molecule has 4 heteroatoms. The molecule has 0 aliphatic carbocycles. The third-order valence-corrected chi connectivity index (χ3v) is 3.09. The Morgan fingerprint density at radius 2 is 1.74 bits per heavy atom. The van der Waals surface area contributed by atoms with Crippen molar-refractivity contribution in [3.05, 3.63) is 69.7 Å². The van der Waals surface area contributed by atoms with Crippen LogP contribution in [0.2, 0.25) is 5.02 Å². The zero-order valence-electron chi connectivity index (χ0n) is 10.2. The van der Waals surface area contributed by atoms with Crippen molar-refractivity contribution in [3.63, 3.8) is 0 Å². The molecule has 0 saturated carbocycles. The number of aryl methyl sites for hydroxylation is 1. The van der Waals surface area contributed by atoms with Gasteiger partial charge in [-0.25, -0.2) is 8.78 Å². The van der Waals surface area contributed by atoms with E-state index in [0.29, 0.717) is 10.6 Å².